The van der Waals surface area contributed by atoms with Crippen LogP contribution in [-0.2, 0) is 0 Å². The summed E-state index contributed by atoms with van der Waals surface area (Å²) in [5.74, 6) is 1.20. The van der Waals surface area contributed by atoms with Crippen molar-refractivity contribution in [2.24, 2.45) is 0 Å². The Morgan fingerprint density at radius 1 is 1.05 bits per heavy atom. The van der Waals surface area contributed by atoms with Crippen molar-refractivity contribution >= 4 is 11.8 Å². The Morgan fingerprint density at radius 3 is 2.50 bits per heavy atom. The van der Waals surface area contributed by atoms with E-state index in [1.54, 1.807) is 0 Å². The second kappa shape index (κ2) is 13.0. The summed E-state index contributed by atoms with van der Waals surface area (Å²) in [6.45, 7) is 11.6. The highest BCUT2D eigenvalue weighted by atomic mass is 32.2. The summed E-state index contributed by atoms with van der Waals surface area (Å²) in [5, 5.41) is 3.60. The molecule has 0 bridgehead atoms. The third-order valence-electron chi connectivity index (χ3n) is 4.10. The summed E-state index contributed by atoms with van der Waals surface area (Å²) >= 11 is 1.95. The fourth-order valence-corrected chi connectivity index (χ4v) is 3.30. The first-order valence-electron chi connectivity index (χ1n) is 8.90. The number of thioether (sulfide) groups is 1. The van der Waals surface area contributed by atoms with E-state index >= 15 is 0 Å². The van der Waals surface area contributed by atoms with Gasteiger partial charge in [-0.05, 0) is 57.2 Å². The third kappa shape index (κ3) is 8.82. The molecule has 0 saturated carbocycles. The Morgan fingerprint density at radius 2 is 1.82 bits per heavy atom. The summed E-state index contributed by atoms with van der Waals surface area (Å²) in [4.78, 5) is 4.01. The van der Waals surface area contributed by atoms with Gasteiger partial charge in [-0.2, -0.15) is 0 Å². The minimum Gasteiger partial charge on any atom is -0.315 e. The van der Waals surface area contributed by atoms with Crippen molar-refractivity contribution in [2.45, 2.75) is 57.4 Å². The number of nitrogens with zero attached hydrogens (tertiary/aromatic N) is 1. The summed E-state index contributed by atoms with van der Waals surface area (Å²) in [7, 11) is 0. The van der Waals surface area contributed by atoms with Gasteiger partial charge in [0.2, 0.25) is 0 Å². The second-order valence-electron chi connectivity index (χ2n) is 5.91. The van der Waals surface area contributed by atoms with Crippen molar-refractivity contribution in [1.82, 2.24) is 10.2 Å². The van der Waals surface area contributed by atoms with Gasteiger partial charge in [0.05, 0.1) is 0 Å². The van der Waals surface area contributed by atoms with Crippen LogP contribution in [-0.4, -0.2) is 42.9 Å². The Hall–Kier alpha value is -0.510. The van der Waals surface area contributed by atoms with Gasteiger partial charge >= 0.3 is 0 Å². The zero-order valence-corrected chi connectivity index (χ0v) is 15.5. The first-order chi connectivity index (χ1) is 10.8. The number of hydrogen-bond donors (Lipinski definition) is 1. The molecule has 0 heterocycles. The van der Waals surface area contributed by atoms with Gasteiger partial charge in [-0.15, -0.1) is 11.8 Å². The van der Waals surface area contributed by atoms with Crippen LogP contribution in [0.25, 0.3) is 0 Å². The molecule has 0 aliphatic carbocycles. The smallest absolute Gasteiger partial charge is 0.0110 e. The van der Waals surface area contributed by atoms with E-state index in [1.807, 2.05) is 11.8 Å². The lowest BCUT2D eigenvalue weighted by molar-refractivity contribution is 0.201. The summed E-state index contributed by atoms with van der Waals surface area (Å²) in [6.07, 6.45) is 5.09. The van der Waals surface area contributed by atoms with E-state index in [2.05, 4.69) is 61.3 Å². The molecule has 1 N–H and O–H groups in total. The molecule has 22 heavy (non-hydrogen) atoms. The summed E-state index contributed by atoms with van der Waals surface area (Å²) < 4.78 is 0. The van der Waals surface area contributed by atoms with E-state index in [1.165, 1.54) is 49.4 Å². The molecule has 1 atom stereocenters. The average molecular weight is 323 g/mol. The van der Waals surface area contributed by atoms with Crippen LogP contribution in [0, 0.1) is 0 Å². The van der Waals surface area contributed by atoms with Gasteiger partial charge < -0.3 is 5.32 Å². The fourth-order valence-electron chi connectivity index (χ4n) is 2.42. The van der Waals surface area contributed by atoms with Gasteiger partial charge in [0.15, 0.2) is 0 Å². The Bertz CT molecular complexity index is 356. The second-order valence-corrected chi connectivity index (χ2v) is 7.08. The van der Waals surface area contributed by atoms with Crippen molar-refractivity contribution in [3.63, 3.8) is 0 Å². The summed E-state index contributed by atoms with van der Waals surface area (Å²) in [6, 6.07) is 11.4. The van der Waals surface area contributed by atoms with Crippen molar-refractivity contribution in [3.05, 3.63) is 30.3 Å². The zero-order chi connectivity index (χ0) is 16.0. The standard InChI is InChI=1S/C19H34N2S/c1-4-6-15-21(18(3)5-2)16-14-20-13-10-17-22-19-11-8-7-9-12-19/h7-9,11-12,18,20H,4-6,10,13-17H2,1-3H3. The molecule has 1 aromatic rings. The molecule has 1 unspecified atom stereocenters. The van der Waals surface area contributed by atoms with Gasteiger partial charge in [-0.3, -0.25) is 4.90 Å². The molecule has 3 heteroatoms. The lowest BCUT2D eigenvalue weighted by Gasteiger charge is -2.28. The van der Waals surface area contributed by atoms with Gasteiger partial charge in [0.1, 0.15) is 0 Å². The molecule has 0 aliphatic heterocycles. The predicted molar refractivity (Wildman–Crippen MR) is 101 cm³/mol. The molecule has 0 aliphatic rings. The first-order valence-corrected chi connectivity index (χ1v) is 9.89. The molecule has 0 amide bonds. The zero-order valence-electron chi connectivity index (χ0n) is 14.7. The van der Waals surface area contributed by atoms with E-state index in [-0.39, 0.29) is 0 Å². The van der Waals surface area contributed by atoms with Crippen molar-refractivity contribution in [1.29, 1.82) is 0 Å². The largest absolute Gasteiger partial charge is 0.315 e. The maximum Gasteiger partial charge on any atom is 0.0110 e. The van der Waals surface area contributed by atoms with Gasteiger partial charge in [-0.1, -0.05) is 38.5 Å². The van der Waals surface area contributed by atoms with Crippen LogP contribution < -0.4 is 5.32 Å². The van der Waals surface area contributed by atoms with Gasteiger partial charge in [0.25, 0.3) is 0 Å². The summed E-state index contributed by atoms with van der Waals surface area (Å²) in [5.41, 5.74) is 0. The maximum absolute atomic E-state index is 3.60. The molecule has 0 radical (unpaired) electrons. The number of rotatable bonds is 13. The molecule has 1 aromatic carbocycles. The van der Waals surface area contributed by atoms with Crippen LogP contribution in [0.1, 0.15) is 46.5 Å². The number of hydrogen-bond acceptors (Lipinski definition) is 3. The van der Waals surface area contributed by atoms with E-state index in [4.69, 9.17) is 0 Å². The topological polar surface area (TPSA) is 15.3 Å². The minimum absolute atomic E-state index is 0.710. The number of benzene rings is 1. The van der Waals surface area contributed by atoms with Crippen molar-refractivity contribution in [3.8, 4) is 0 Å². The molecule has 0 aromatic heterocycles. The third-order valence-corrected chi connectivity index (χ3v) is 5.20. The Labute approximate surface area is 142 Å². The normalized spacial score (nSPS) is 12.7. The minimum atomic E-state index is 0.710. The quantitative estimate of drug-likeness (QED) is 0.420. The van der Waals surface area contributed by atoms with E-state index in [0.717, 1.165) is 13.1 Å². The fraction of sp³-hybridized carbons (Fsp3) is 0.684. The molecule has 126 valence electrons. The average Bonchev–Trinajstić information content (AvgIpc) is 2.57. The van der Waals surface area contributed by atoms with Gasteiger partial charge in [-0.25, -0.2) is 0 Å². The van der Waals surface area contributed by atoms with Crippen LogP contribution in [0.5, 0.6) is 0 Å². The Kier molecular flexibility index (Phi) is 11.5. The van der Waals surface area contributed by atoms with Crippen LogP contribution in [0.4, 0.5) is 0 Å². The van der Waals surface area contributed by atoms with E-state index in [0.29, 0.717) is 6.04 Å². The van der Waals surface area contributed by atoms with Crippen molar-refractivity contribution < 1.29 is 0 Å². The SMILES string of the molecule is CCCCN(CCNCCCSc1ccccc1)C(C)CC. The molecular weight excluding hydrogens is 288 g/mol. The van der Waals surface area contributed by atoms with E-state index in [9.17, 15) is 0 Å². The van der Waals surface area contributed by atoms with Crippen LogP contribution in [0.2, 0.25) is 0 Å². The first kappa shape index (κ1) is 19.5. The van der Waals surface area contributed by atoms with Gasteiger partial charge in [0, 0.05) is 24.0 Å². The molecular formula is C19H34N2S. The molecule has 0 fully saturated rings. The predicted octanol–water partition coefficient (Wildman–Crippen LogP) is 4.66. The molecule has 2 nitrogen and oxygen atoms in total. The van der Waals surface area contributed by atoms with Crippen LogP contribution >= 0.6 is 11.8 Å². The van der Waals surface area contributed by atoms with E-state index < -0.39 is 0 Å². The number of nitrogens with one attached hydrogen (secondary N) is 1. The Balaban J connectivity index is 2.05. The highest BCUT2D eigenvalue weighted by Crippen LogP contribution is 2.17. The van der Waals surface area contributed by atoms with Crippen LogP contribution in [0.15, 0.2) is 35.2 Å². The highest BCUT2D eigenvalue weighted by molar-refractivity contribution is 7.99. The molecule has 0 spiro atoms. The lowest BCUT2D eigenvalue weighted by atomic mass is 10.2. The highest BCUT2D eigenvalue weighted by Gasteiger charge is 2.10. The van der Waals surface area contributed by atoms with Crippen molar-refractivity contribution in [2.75, 3.05) is 31.9 Å². The number of unbranched alkanes of at least 4 members (excludes halogenated alkanes) is 1. The monoisotopic (exact) mass is 322 g/mol. The molecule has 1 rings (SSSR count). The van der Waals surface area contributed by atoms with Crippen LogP contribution in [0.3, 0.4) is 0 Å². The lowest BCUT2D eigenvalue weighted by Crippen LogP contribution is -2.39. The molecule has 0 saturated heterocycles. The maximum atomic E-state index is 3.60.